The van der Waals surface area contributed by atoms with E-state index < -0.39 is 36.1 Å². The van der Waals surface area contributed by atoms with Crippen LogP contribution in [0.3, 0.4) is 0 Å². The van der Waals surface area contributed by atoms with E-state index in [0.29, 0.717) is 46.4 Å². The molecule has 15 heteroatoms. The van der Waals surface area contributed by atoms with E-state index >= 15 is 0 Å². The Hall–Kier alpha value is -3.17. The molecule has 1 aliphatic carbocycles. The Kier molecular flexibility index (Phi) is 8.92. The third-order valence-corrected chi connectivity index (χ3v) is 6.25. The van der Waals surface area contributed by atoms with Crippen molar-refractivity contribution in [3.8, 4) is 0 Å². The van der Waals surface area contributed by atoms with Crippen LogP contribution in [-0.2, 0) is 6.18 Å². The number of aliphatic hydroxyl groups is 2. The highest BCUT2D eigenvalue weighted by atomic mass is 32.2. The normalized spacial score (nSPS) is 19.7. The van der Waals surface area contributed by atoms with Crippen LogP contribution in [-0.4, -0.2) is 70.3 Å². The predicted octanol–water partition coefficient (Wildman–Crippen LogP) is 3.88. The molecule has 1 saturated carbocycles. The van der Waals surface area contributed by atoms with Gasteiger partial charge in [0.15, 0.2) is 22.1 Å². The molecule has 0 spiro atoms. The summed E-state index contributed by atoms with van der Waals surface area (Å²) in [7, 11) is 0. The Bertz CT molecular complexity index is 1170. The van der Waals surface area contributed by atoms with Crippen molar-refractivity contribution in [3.05, 3.63) is 29.8 Å². The van der Waals surface area contributed by atoms with Crippen LogP contribution in [0.25, 0.3) is 11.2 Å². The molecular formula is C21H25F3N6O5S. The number of alkyl halides is 3. The van der Waals surface area contributed by atoms with E-state index in [1.165, 1.54) is 16.8 Å². The number of rotatable bonds is 7. The Morgan fingerprint density at radius 2 is 1.83 bits per heavy atom. The number of nitrogens with one attached hydrogen (secondary N) is 1. The molecule has 3 aromatic rings. The summed E-state index contributed by atoms with van der Waals surface area (Å²) in [5.74, 6) is 0.470. The number of anilines is 1. The lowest BCUT2D eigenvalue weighted by Crippen LogP contribution is -2.28. The highest BCUT2D eigenvalue weighted by molar-refractivity contribution is 7.99. The minimum absolute atomic E-state index is 0.313. The van der Waals surface area contributed by atoms with Gasteiger partial charge in [-0.25, -0.2) is 19.4 Å². The summed E-state index contributed by atoms with van der Waals surface area (Å²) < 4.78 is 40.0. The van der Waals surface area contributed by atoms with Crippen LogP contribution in [0.4, 0.5) is 23.8 Å². The number of hydrogen-bond acceptors (Lipinski definition) is 9. The van der Waals surface area contributed by atoms with Crippen LogP contribution < -0.4 is 5.32 Å². The number of benzene rings is 1. The Morgan fingerprint density at radius 3 is 2.39 bits per heavy atom. The predicted molar refractivity (Wildman–Crippen MR) is 123 cm³/mol. The van der Waals surface area contributed by atoms with E-state index in [1.807, 2.05) is 0 Å². The fraction of sp³-hybridized carbons (Fsp3) is 0.476. The van der Waals surface area contributed by atoms with Crippen LogP contribution in [0.15, 0.2) is 34.3 Å². The number of fused-ring (bicyclic) bond motifs is 1. The van der Waals surface area contributed by atoms with Gasteiger partial charge in [0.1, 0.15) is 6.10 Å². The number of aliphatic hydroxyl groups excluding tert-OH is 2. The molecule has 1 aliphatic rings. The van der Waals surface area contributed by atoms with E-state index in [2.05, 4.69) is 32.5 Å². The maximum atomic E-state index is 12.8. The van der Waals surface area contributed by atoms with Gasteiger partial charge in [0, 0.05) is 11.4 Å². The second kappa shape index (κ2) is 11.7. The van der Waals surface area contributed by atoms with Crippen molar-refractivity contribution in [2.24, 2.45) is 0 Å². The van der Waals surface area contributed by atoms with E-state index in [9.17, 15) is 23.4 Å². The second-order valence-electron chi connectivity index (χ2n) is 7.95. The second-order valence-corrected chi connectivity index (χ2v) is 8.99. The molecule has 5 N–H and O–H groups in total. The molecule has 11 nitrogen and oxygen atoms in total. The summed E-state index contributed by atoms with van der Waals surface area (Å²) in [6.07, 6.45) is -5.22. The average Bonchev–Trinajstić information content (AvgIpc) is 3.36. The van der Waals surface area contributed by atoms with Gasteiger partial charge in [-0.05, 0) is 55.3 Å². The van der Waals surface area contributed by atoms with Crippen molar-refractivity contribution in [2.75, 3.05) is 11.9 Å². The van der Waals surface area contributed by atoms with Gasteiger partial charge in [-0.1, -0.05) is 18.6 Å². The van der Waals surface area contributed by atoms with Gasteiger partial charge in [-0.2, -0.15) is 13.2 Å². The molecule has 0 unspecified atom stereocenters. The summed E-state index contributed by atoms with van der Waals surface area (Å²) in [5.41, 5.74) is 0.106. The van der Waals surface area contributed by atoms with Crippen LogP contribution in [0, 0.1) is 0 Å². The topological polar surface area (TPSA) is 167 Å². The minimum atomic E-state index is -4.40. The molecule has 1 aromatic carbocycles. The van der Waals surface area contributed by atoms with Gasteiger partial charge in [0.25, 0.3) is 0 Å². The fourth-order valence-corrected chi connectivity index (χ4v) is 4.36. The summed E-state index contributed by atoms with van der Waals surface area (Å²) in [6, 6.07) is 4.31. The number of carboxylic acid groups (broad SMARTS) is 2. The SMILES string of the molecule is CCCCNc1nc(Sc2ccc(C(F)(F)F)cc2)nc2c1nnn2[C@@H]1CC[C@@H](O)[C@H]1O.O=C(O)O. The lowest BCUT2D eigenvalue weighted by molar-refractivity contribution is -0.137. The Balaban J connectivity index is 0.000000840. The standard InChI is InChI=1S/C20H23F3N6O2S.CH2O3/c1-2-3-10-24-17-15-18(29(28-27-15)13-8-9-14(30)16(13)31)26-19(25-17)32-12-6-4-11(5-7-12)20(21,22)23;2-1(3)4/h4-7,13-14,16,30-31H,2-3,8-10H2,1H3,(H,24,25,26);(H2,2,3,4)/t13-,14-,16+;/m1./s1. The third kappa shape index (κ3) is 6.73. The summed E-state index contributed by atoms with van der Waals surface area (Å²) in [4.78, 5) is 18.1. The van der Waals surface area contributed by atoms with Crippen LogP contribution in [0.2, 0.25) is 0 Å². The maximum Gasteiger partial charge on any atom is 0.503 e. The monoisotopic (exact) mass is 530 g/mol. The molecule has 36 heavy (non-hydrogen) atoms. The lowest BCUT2D eigenvalue weighted by atomic mass is 10.2. The zero-order valence-electron chi connectivity index (χ0n) is 19.1. The first-order valence-corrected chi connectivity index (χ1v) is 11.8. The lowest BCUT2D eigenvalue weighted by Gasteiger charge is -2.16. The van der Waals surface area contributed by atoms with E-state index in [-0.39, 0.29) is 0 Å². The molecule has 2 aromatic heterocycles. The highest BCUT2D eigenvalue weighted by Gasteiger charge is 2.37. The Morgan fingerprint density at radius 1 is 1.17 bits per heavy atom. The van der Waals surface area contributed by atoms with Gasteiger partial charge >= 0.3 is 12.3 Å². The number of aromatic nitrogens is 5. The van der Waals surface area contributed by atoms with Gasteiger partial charge in [-0.15, -0.1) is 5.10 Å². The maximum absolute atomic E-state index is 12.8. The van der Waals surface area contributed by atoms with Gasteiger partial charge in [0.05, 0.1) is 17.7 Å². The summed E-state index contributed by atoms with van der Waals surface area (Å²) >= 11 is 1.12. The molecule has 196 valence electrons. The van der Waals surface area contributed by atoms with Crippen molar-refractivity contribution in [1.29, 1.82) is 0 Å². The molecule has 4 rings (SSSR count). The van der Waals surface area contributed by atoms with Crippen molar-refractivity contribution in [3.63, 3.8) is 0 Å². The number of hydrogen-bond donors (Lipinski definition) is 5. The smallest absolute Gasteiger partial charge is 0.450 e. The quantitative estimate of drug-likeness (QED) is 0.222. The highest BCUT2D eigenvalue weighted by Crippen LogP contribution is 2.35. The fourth-order valence-electron chi connectivity index (χ4n) is 3.61. The number of nitrogens with zero attached hydrogens (tertiary/aromatic N) is 5. The third-order valence-electron chi connectivity index (χ3n) is 5.38. The van der Waals surface area contributed by atoms with E-state index in [0.717, 1.165) is 36.7 Å². The van der Waals surface area contributed by atoms with E-state index in [1.54, 1.807) is 0 Å². The minimum Gasteiger partial charge on any atom is -0.450 e. The van der Waals surface area contributed by atoms with Crippen LogP contribution >= 0.6 is 11.8 Å². The Labute approximate surface area is 207 Å². The zero-order chi connectivity index (χ0) is 26.5. The van der Waals surface area contributed by atoms with Crippen LogP contribution in [0.5, 0.6) is 0 Å². The van der Waals surface area contributed by atoms with Crippen molar-refractivity contribution >= 4 is 34.9 Å². The van der Waals surface area contributed by atoms with Crippen molar-refractivity contribution < 1.29 is 38.4 Å². The molecule has 0 radical (unpaired) electrons. The first kappa shape index (κ1) is 27.4. The average molecular weight is 531 g/mol. The first-order chi connectivity index (χ1) is 17.0. The first-order valence-electron chi connectivity index (χ1n) is 11.0. The zero-order valence-corrected chi connectivity index (χ0v) is 19.9. The van der Waals surface area contributed by atoms with Gasteiger partial charge in [0.2, 0.25) is 0 Å². The van der Waals surface area contributed by atoms with Gasteiger partial charge < -0.3 is 25.7 Å². The molecule has 2 heterocycles. The summed E-state index contributed by atoms with van der Waals surface area (Å²) in [5, 5.41) is 46.1. The molecule has 0 saturated heterocycles. The molecular weight excluding hydrogens is 505 g/mol. The van der Waals surface area contributed by atoms with Crippen molar-refractivity contribution in [1.82, 2.24) is 25.0 Å². The van der Waals surface area contributed by atoms with Crippen LogP contribution in [0.1, 0.15) is 44.2 Å². The van der Waals surface area contributed by atoms with Crippen molar-refractivity contribution in [2.45, 2.75) is 67.1 Å². The largest absolute Gasteiger partial charge is 0.503 e. The number of halogens is 3. The molecule has 1 fully saturated rings. The molecule has 0 aliphatic heterocycles. The molecule has 3 atom stereocenters. The van der Waals surface area contributed by atoms with Gasteiger partial charge in [-0.3, -0.25) is 0 Å². The molecule has 0 amide bonds. The summed E-state index contributed by atoms with van der Waals surface area (Å²) in [6.45, 7) is 2.72. The van der Waals surface area contributed by atoms with E-state index in [4.69, 9.17) is 15.0 Å². The molecule has 0 bridgehead atoms. The number of carbonyl (C=O) groups is 1. The number of unbranched alkanes of at least 4 members (excludes halogenated alkanes) is 1.